The van der Waals surface area contributed by atoms with Crippen molar-refractivity contribution in [3.63, 3.8) is 0 Å². The maximum atomic E-state index is 12.6. The van der Waals surface area contributed by atoms with E-state index in [1.807, 2.05) is 9.80 Å². The van der Waals surface area contributed by atoms with E-state index >= 15 is 0 Å². The molecule has 2 heterocycles. The highest BCUT2D eigenvalue weighted by atomic mass is 16.2. The van der Waals surface area contributed by atoms with Crippen LogP contribution in [-0.2, 0) is 4.79 Å². The minimum Gasteiger partial charge on any atom is -0.343 e. The van der Waals surface area contributed by atoms with Crippen molar-refractivity contribution in [2.24, 2.45) is 5.92 Å². The van der Waals surface area contributed by atoms with Crippen molar-refractivity contribution in [2.45, 2.75) is 77.0 Å². The normalized spacial score (nSPS) is 24.2. The molecule has 0 spiro atoms. The molecule has 0 bridgehead atoms. The van der Waals surface area contributed by atoms with Crippen molar-refractivity contribution in [1.29, 1.82) is 0 Å². The highest BCUT2D eigenvalue weighted by Gasteiger charge is 2.30. The number of urea groups is 1. The zero-order chi connectivity index (χ0) is 18.2. The summed E-state index contributed by atoms with van der Waals surface area (Å²) in [5.41, 5.74) is 1.25. The fourth-order valence-electron chi connectivity index (χ4n) is 4.58. The van der Waals surface area contributed by atoms with Gasteiger partial charge in [-0.3, -0.25) is 9.69 Å². The van der Waals surface area contributed by atoms with E-state index in [-0.39, 0.29) is 11.9 Å². The number of piperidine rings is 1. The number of hydrogen-bond acceptors (Lipinski definition) is 2. The Kier molecular flexibility index (Phi) is 7.39. The molecule has 3 rings (SSSR count). The number of hydrogen-bond donors (Lipinski definition) is 1. The van der Waals surface area contributed by atoms with E-state index in [0.29, 0.717) is 18.9 Å². The monoisotopic (exact) mass is 361 g/mol. The Bertz CT molecular complexity index is 509. The molecule has 146 valence electrons. The molecule has 0 aromatic rings. The van der Waals surface area contributed by atoms with Gasteiger partial charge in [0.2, 0.25) is 5.91 Å². The van der Waals surface area contributed by atoms with Gasteiger partial charge in [-0.15, -0.1) is 0 Å². The van der Waals surface area contributed by atoms with E-state index in [9.17, 15) is 9.59 Å². The summed E-state index contributed by atoms with van der Waals surface area (Å²) in [6, 6.07) is 0.0292. The van der Waals surface area contributed by atoms with Gasteiger partial charge >= 0.3 is 6.03 Å². The van der Waals surface area contributed by atoms with Gasteiger partial charge in [-0.05, 0) is 57.3 Å². The number of amides is 3. The first-order valence-electron chi connectivity index (χ1n) is 10.8. The van der Waals surface area contributed by atoms with E-state index < -0.39 is 0 Å². The average molecular weight is 362 g/mol. The lowest BCUT2D eigenvalue weighted by atomic mass is 9.85. The molecule has 0 aromatic heterocycles. The molecule has 1 unspecified atom stereocenters. The lowest BCUT2D eigenvalue weighted by Gasteiger charge is -2.37. The molecule has 1 aliphatic carbocycles. The molecule has 1 atom stereocenters. The van der Waals surface area contributed by atoms with E-state index in [1.54, 1.807) is 0 Å². The van der Waals surface area contributed by atoms with E-state index in [0.717, 1.165) is 51.7 Å². The number of fused-ring (bicyclic) bond motifs is 1. The Morgan fingerprint density at radius 2 is 1.69 bits per heavy atom. The van der Waals surface area contributed by atoms with Crippen LogP contribution >= 0.6 is 0 Å². The third-order valence-corrected chi connectivity index (χ3v) is 6.07. The second-order valence-electron chi connectivity index (χ2n) is 8.03. The van der Waals surface area contributed by atoms with Crippen molar-refractivity contribution < 1.29 is 9.59 Å². The molecule has 26 heavy (non-hydrogen) atoms. The second-order valence-corrected chi connectivity index (χ2v) is 8.03. The maximum absolute atomic E-state index is 12.6. The predicted molar refractivity (Wildman–Crippen MR) is 104 cm³/mol. The van der Waals surface area contributed by atoms with Crippen molar-refractivity contribution in [1.82, 2.24) is 15.1 Å². The molecule has 1 N–H and O–H groups in total. The molecule has 3 aliphatic rings. The van der Waals surface area contributed by atoms with Gasteiger partial charge in [0.05, 0.1) is 0 Å². The largest absolute Gasteiger partial charge is 0.343 e. The van der Waals surface area contributed by atoms with Crippen molar-refractivity contribution in [2.75, 3.05) is 26.2 Å². The topological polar surface area (TPSA) is 52.7 Å². The predicted octanol–water partition coefficient (Wildman–Crippen LogP) is 4.05. The number of nitrogens with zero attached hydrogens (tertiary/aromatic N) is 2. The van der Waals surface area contributed by atoms with Crippen molar-refractivity contribution >= 4 is 11.9 Å². The number of nitrogens with one attached hydrogen (secondary N) is 1. The first-order chi connectivity index (χ1) is 12.8. The summed E-state index contributed by atoms with van der Waals surface area (Å²) in [5.74, 6) is 0.839. The molecule has 2 fully saturated rings. The summed E-state index contributed by atoms with van der Waals surface area (Å²) in [6.07, 6.45) is 15.5. The molecule has 0 saturated carbocycles. The minimum absolute atomic E-state index is 0.0292. The van der Waals surface area contributed by atoms with Crippen LogP contribution in [0.4, 0.5) is 4.79 Å². The third kappa shape index (κ3) is 5.24. The molecule has 3 amide bonds. The fourth-order valence-corrected chi connectivity index (χ4v) is 4.58. The molecule has 5 heteroatoms. The van der Waals surface area contributed by atoms with Crippen LogP contribution in [0.25, 0.3) is 0 Å². The Balaban J connectivity index is 1.38. The Labute approximate surface area is 158 Å². The van der Waals surface area contributed by atoms with Crippen LogP contribution in [0.3, 0.4) is 0 Å². The summed E-state index contributed by atoms with van der Waals surface area (Å²) in [4.78, 5) is 28.9. The first-order valence-corrected chi connectivity index (χ1v) is 10.8. The Morgan fingerprint density at radius 3 is 2.50 bits per heavy atom. The van der Waals surface area contributed by atoms with Crippen molar-refractivity contribution in [3.05, 3.63) is 11.8 Å². The minimum atomic E-state index is 0.0292. The van der Waals surface area contributed by atoms with Crippen LogP contribution in [0.5, 0.6) is 0 Å². The number of allylic oxidation sites excluding steroid dienone is 2. The number of likely N-dealkylation sites (tertiary alicyclic amines) is 2. The Morgan fingerprint density at radius 1 is 0.962 bits per heavy atom. The number of carbonyl (C=O) groups is 2. The SMILES string of the molecule is O=C(CCCNC(=O)N1CCCC2CCCC=C21)N1CCCCCCC1. The highest BCUT2D eigenvalue weighted by Crippen LogP contribution is 2.34. The van der Waals surface area contributed by atoms with Crippen LogP contribution in [-0.4, -0.2) is 47.9 Å². The first kappa shape index (κ1) is 19.2. The molecule has 2 aliphatic heterocycles. The summed E-state index contributed by atoms with van der Waals surface area (Å²) >= 11 is 0. The van der Waals surface area contributed by atoms with Gasteiger partial charge in [0.1, 0.15) is 0 Å². The zero-order valence-electron chi connectivity index (χ0n) is 16.2. The summed E-state index contributed by atoms with van der Waals surface area (Å²) in [6.45, 7) is 3.25. The van der Waals surface area contributed by atoms with Crippen LogP contribution in [0.1, 0.15) is 77.0 Å². The molecule has 0 radical (unpaired) electrons. The fraction of sp³-hybridized carbons (Fsp3) is 0.810. The van der Waals surface area contributed by atoms with E-state index in [2.05, 4.69) is 11.4 Å². The van der Waals surface area contributed by atoms with E-state index in [1.165, 1.54) is 44.2 Å². The van der Waals surface area contributed by atoms with Crippen LogP contribution < -0.4 is 5.32 Å². The molecule has 0 aromatic carbocycles. The summed E-state index contributed by atoms with van der Waals surface area (Å²) in [5, 5.41) is 3.04. The zero-order valence-corrected chi connectivity index (χ0v) is 16.2. The Hall–Kier alpha value is -1.52. The van der Waals surface area contributed by atoms with Gasteiger partial charge in [-0.2, -0.15) is 0 Å². The third-order valence-electron chi connectivity index (χ3n) is 6.07. The van der Waals surface area contributed by atoms with Gasteiger partial charge in [0.15, 0.2) is 0 Å². The molecule has 5 nitrogen and oxygen atoms in total. The molecular weight excluding hydrogens is 326 g/mol. The van der Waals surface area contributed by atoms with Gasteiger partial charge < -0.3 is 10.2 Å². The number of rotatable bonds is 4. The summed E-state index contributed by atoms with van der Waals surface area (Å²) < 4.78 is 0. The second kappa shape index (κ2) is 9.98. The molecule has 2 saturated heterocycles. The standard InChI is InChI=1S/C21H35N3O2/c25-20(23-15-6-2-1-3-7-16-23)13-8-14-22-21(26)24-17-9-11-18-10-4-5-12-19(18)24/h12,18H,1-11,13-17H2,(H,22,26). The van der Waals surface area contributed by atoms with Crippen molar-refractivity contribution in [3.8, 4) is 0 Å². The van der Waals surface area contributed by atoms with Gasteiger partial charge in [-0.1, -0.05) is 25.3 Å². The van der Waals surface area contributed by atoms with E-state index in [4.69, 9.17) is 0 Å². The lowest BCUT2D eigenvalue weighted by molar-refractivity contribution is -0.131. The smallest absolute Gasteiger partial charge is 0.321 e. The lowest BCUT2D eigenvalue weighted by Crippen LogP contribution is -2.45. The quantitative estimate of drug-likeness (QED) is 0.768. The average Bonchev–Trinajstić information content (AvgIpc) is 2.64. The van der Waals surface area contributed by atoms with Crippen LogP contribution in [0, 0.1) is 5.92 Å². The summed E-state index contributed by atoms with van der Waals surface area (Å²) in [7, 11) is 0. The van der Waals surface area contributed by atoms with Crippen LogP contribution in [0.2, 0.25) is 0 Å². The van der Waals surface area contributed by atoms with Crippen LogP contribution in [0.15, 0.2) is 11.8 Å². The molecular formula is C21H35N3O2. The van der Waals surface area contributed by atoms with Gasteiger partial charge in [-0.25, -0.2) is 4.79 Å². The number of carbonyl (C=O) groups excluding carboxylic acids is 2. The maximum Gasteiger partial charge on any atom is 0.321 e. The van der Waals surface area contributed by atoms with Gasteiger partial charge in [0.25, 0.3) is 0 Å². The highest BCUT2D eigenvalue weighted by molar-refractivity contribution is 5.77. The van der Waals surface area contributed by atoms with Gasteiger partial charge in [0, 0.05) is 38.3 Å².